The maximum Gasteiger partial charge on any atom is 0.123 e. The topological polar surface area (TPSA) is 29.3 Å². The second-order valence-electron chi connectivity index (χ2n) is 5.05. The summed E-state index contributed by atoms with van der Waals surface area (Å²) in [7, 11) is 2.11. The molecule has 0 aliphatic heterocycles. The Morgan fingerprint density at radius 2 is 2.00 bits per heavy atom. The summed E-state index contributed by atoms with van der Waals surface area (Å²) in [5, 5.41) is 0. The Morgan fingerprint density at radius 1 is 1.29 bits per heavy atom. The third-order valence-electron chi connectivity index (χ3n) is 3.72. The molecule has 1 aliphatic carbocycles. The predicted molar refractivity (Wildman–Crippen MR) is 69.2 cm³/mol. The quantitative estimate of drug-likeness (QED) is 0.817. The summed E-state index contributed by atoms with van der Waals surface area (Å²) in [5.41, 5.74) is 7.46. The van der Waals surface area contributed by atoms with E-state index in [0.717, 1.165) is 12.1 Å². The largest absolute Gasteiger partial charge is 0.398 e. The van der Waals surface area contributed by atoms with Crippen LogP contribution in [0.15, 0.2) is 18.2 Å². The van der Waals surface area contributed by atoms with Gasteiger partial charge in [-0.3, -0.25) is 4.90 Å². The van der Waals surface area contributed by atoms with Gasteiger partial charge in [0.2, 0.25) is 0 Å². The first-order valence-electron chi connectivity index (χ1n) is 6.41. The molecule has 94 valence electrons. The van der Waals surface area contributed by atoms with E-state index in [4.69, 9.17) is 5.73 Å². The second kappa shape index (κ2) is 5.50. The average molecular weight is 236 g/mol. The van der Waals surface area contributed by atoms with Crippen molar-refractivity contribution in [2.45, 2.75) is 44.7 Å². The number of nitrogens with zero attached hydrogens (tertiary/aromatic N) is 1. The van der Waals surface area contributed by atoms with E-state index in [0.29, 0.717) is 11.7 Å². The fourth-order valence-corrected chi connectivity index (χ4v) is 2.63. The summed E-state index contributed by atoms with van der Waals surface area (Å²) in [6.07, 6.45) is 6.49. The number of hydrogen-bond donors (Lipinski definition) is 1. The van der Waals surface area contributed by atoms with E-state index < -0.39 is 0 Å². The Kier molecular flexibility index (Phi) is 4.00. The smallest absolute Gasteiger partial charge is 0.123 e. The maximum absolute atomic E-state index is 13.2. The van der Waals surface area contributed by atoms with Crippen molar-refractivity contribution in [3.63, 3.8) is 0 Å². The van der Waals surface area contributed by atoms with Gasteiger partial charge in [0, 0.05) is 18.3 Å². The molecule has 2 nitrogen and oxygen atoms in total. The van der Waals surface area contributed by atoms with Gasteiger partial charge in [-0.25, -0.2) is 4.39 Å². The fourth-order valence-electron chi connectivity index (χ4n) is 2.63. The number of benzene rings is 1. The highest BCUT2D eigenvalue weighted by atomic mass is 19.1. The van der Waals surface area contributed by atoms with Crippen LogP contribution in [-0.2, 0) is 6.54 Å². The van der Waals surface area contributed by atoms with Crippen LogP contribution in [0.2, 0.25) is 0 Å². The molecule has 1 fully saturated rings. The lowest BCUT2D eigenvalue weighted by Gasteiger charge is -2.31. The van der Waals surface area contributed by atoms with E-state index in [1.54, 1.807) is 12.1 Å². The predicted octanol–water partition coefficient (Wildman–Crippen LogP) is 3.17. The minimum absolute atomic E-state index is 0.203. The Labute approximate surface area is 103 Å². The van der Waals surface area contributed by atoms with Crippen molar-refractivity contribution in [3.05, 3.63) is 29.6 Å². The first-order valence-corrected chi connectivity index (χ1v) is 6.41. The lowest BCUT2D eigenvalue weighted by Crippen LogP contribution is -2.33. The van der Waals surface area contributed by atoms with Gasteiger partial charge < -0.3 is 5.73 Å². The highest BCUT2D eigenvalue weighted by Gasteiger charge is 2.18. The molecule has 0 radical (unpaired) electrons. The zero-order chi connectivity index (χ0) is 12.3. The average Bonchev–Trinajstić information content (AvgIpc) is 2.35. The van der Waals surface area contributed by atoms with Gasteiger partial charge in [0.15, 0.2) is 0 Å². The summed E-state index contributed by atoms with van der Waals surface area (Å²) in [4.78, 5) is 2.31. The first kappa shape index (κ1) is 12.4. The van der Waals surface area contributed by atoms with Crippen LogP contribution in [0.5, 0.6) is 0 Å². The molecule has 0 bridgehead atoms. The summed E-state index contributed by atoms with van der Waals surface area (Å²) in [5.74, 6) is -0.203. The van der Waals surface area contributed by atoms with Crippen molar-refractivity contribution in [2.75, 3.05) is 12.8 Å². The van der Waals surface area contributed by atoms with Crippen molar-refractivity contribution >= 4 is 5.69 Å². The van der Waals surface area contributed by atoms with E-state index in [1.165, 1.54) is 38.2 Å². The van der Waals surface area contributed by atoms with Crippen molar-refractivity contribution in [3.8, 4) is 0 Å². The monoisotopic (exact) mass is 236 g/mol. The van der Waals surface area contributed by atoms with E-state index in [1.807, 2.05) is 0 Å². The van der Waals surface area contributed by atoms with Crippen LogP contribution in [0, 0.1) is 5.82 Å². The van der Waals surface area contributed by atoms with Gasteiger partial charge >= 0.3 is 0 Å². The molecule has 3 heteroatoms. The standard InChI is InChI=1S/C14H21FN2/c1-17(13-5-3-2-4-6-13)10-11-9-12(15)7-8-14(11)16/h7-9,13H,2-6,10,16H2,1H3. The number of halogens is 1. The fraction of sp³-hybridized carbons (Fsp3) is 0.571. The van der Waals surface area contributed by atoms with Gasteiger partial charge in [-0.05, 0) is 43.7 Å². The number of anilines is 1. The molecule has 0 amide bonds. The van der Waals surface area contributed by atoms with Gasteiger partial charge in [0.05, 0.1) is 0 Å². The SMILES string of the molecule is CN(Cc1cc(F)ccc1N)C1CCCCC1. The van der Waals surface area contributed by atoms with Gasteiger partial charge in [0.1, 0.15) is 5.82 Å². The number of rotatable bonds is 3. The lowest BCUT2D eigenvalue weighted by atomic mass is 9.94. The van der Waals surface area contributed by atoms with Crippen molar-refractivity contribution < 1.29 is 4.39 Å². The normalized spacial score (nSPS) is 17.6. The lowest BCUT2D eigenvalue weighted by molar-refractivity contribution is 0.184. The second-order valence-corrected chi connectivity index (χ2v) is 5.05. The molecule has 1 aromatic carbocycles. The van der Waals surface area contributed by atoms with Crippen LogP contribution >= 0.6 is 0 Å². The van der Waals surface area contributed by atoms with E-state index >= 15 is 0 Å². The van der Waals surface area contributed by atoms with Crippen molar-refractivity contribution in [2.24, 2.45) is 0 Å². The van der Waals surface area contributed by atoms with Gasteiger partial charge in [-0.2, -0.15) is 0 Å². The van der Waals surface area contributed by atoms with Crippen LogP contribution in [0.4, 0.5) is 10.1 Å². The minimum atomic E-state index is -0.203. The molecule has 0 heterocycles. The van der Waals surface area contributed by atoms with Crippen LogP contribution in [0.1, 0.15) is 37.7 Å². The summed E-state index contributed by atoms with van der Waals surface area (Å²) in [6, 6.07) is 5.25. The molecule has 1 aromatic rings. The molecule has 2 N–H and O–H groups in total. The molecular formula is C14H21FN2. The first-order chi connectivity index (χ1) is 8.16. The number of hydrogen-bond acceptors (Lipinski definition) is 2. The van der Waals surface area contributed by atoms with E-state index in [2.05, 4.69) is 11.9 Å². The minimum Gasteiger partial charge on any atom is -0.398 e. The third kappa shape index (κ3) is 3.19. The summed E-state index contributed by atoms with van der Waals surface area (Å²) < 4.78 is 13.2. The summed E-state index contributed by atoms with van der Waals surface area (Å²) in [6.45, 7) is 0.744. The number of nitrogen functional groups attached to an aromatic ring is 1. The van der Waals surface area contributed by atoms with Crippen LogP contribution in [0.3, 0.4) is 0 Å². The molecule has 17 heavy (non-hydrogen) atoms. The molecule has 1 aliphatic rings. The molecule has 0 saturated heterocycles. The van der Waals surface area contributed by atoms with Crippen LogP contribution < -0.4 is 5.73 Å². The molecule has 0 atom stereocenters. The Balaban J connectivity index is 2.01. The molecular weight excluding hydrogens is 215 g/mol. The summed E-state index contributed by atoms with van der Waals surface area (Å²) >= 11 is 0. The highest BCUT2D eigenvalue weighted by molar-refractivity contribution is 5.46. The zero-order valence-corrected chi connectivity index (χ0v) is 10.5. The van der Waals surface area contributed by atoms with Gasteiger partial charge in [0.25, 0.3) is 0 Å². The highest BCUT2D eigenvalue weighted by Crippen LogP contribution is 2.24. The number of nitrogens with two attached hydrogens (primary N) is 1. The Bertz CT molecular complexity index is 372. The molecule has 2 rings (SSSR count). The van der Waals surface area contributed by atoms with Crippen LogP contribution in [0.25, 0.3) is 0 Å². The molecule has 1 saturated carbocycles. The van der Waals surface area contributed by atoms with Gasteiger partial charge in [-0.1, -0.05) is 19.3 Å². The molecule has 0 spiro atoms. The van der Waals surface area contributed by atoms with Gasteiger partial charge in [-0.15, -0.1) is 0 Å². The van der Waals surface area contributed by atoms with Crippen LogP contribution in [-0.4, -0.2) is 18.0 Å². The maximum atomic E-state index is 13.2. The third-order valence-corrected chi connectivity index (χ3v) is 3.72. The van der Waals surface area contributed by atoms with Crippen molar-refractivity contribution in [1.82, 2.24) is 4.90 Å². The Morgan fingerprint density at radius 3 is 2.71 bits per heavy atom. The zero-order valence-electron chi connectivity index (χ0n) is 10.5. The molecule has 0 unspecified atom stereocenters. The van der Waals surface area contributed by atoms with E-state index in [-0.39, 0.29) is 5.82 Å². The van der Waals surface area contributed by atoms with E-state index in [9.17, 15) is 4.39 Å². The Hall–Kier alpha value is -1.09. The molecule has 0 aromatic heterocycles. The van der Waals surface area contributed by atoms with Crippen molar-refractivity contribution in [1.29, 1.82) is 0 Å².